The molecule has 3 nitrogen and oxygen atoms in total. The lowest BCUT2D eigenvalue weighted by atomic mass is 10.2. The van der Waals surface area contributed by atoms with Gasteiger partial charge in [0.05, 0.1) is 0 Å². The number of hydrogen-bond donors (Lipinski definition) is 1. The summed E-state index contributed by atoms with van der Waals surface area (Å²) >= 11 is 0. The molecule has 0 aliphatic carbocycles. The Labute approximate surface area is 103 Å². The Morgan fingerprint density at radius 3 is 2.89 bits per heavy atom. The fraction of sp³-hybridized carbons (Fsp3) is 0.0714. The third-order valence-corrected chi connectivity index (χ3v) is 2.62. The molecule has 18 heavy (non-hydrogen) atoms. The van der Waals surface area contributed by atoms with Crippen LogP contribution in [0.5, 0.6) is 0 Å². The van der Waals surface area contributed by atoms with Crippen molar-refractivity contribution in [3.05, 3.63) is 53.8 Å². The van der Waals surface area contributed by atoms with Crippen LogP contribution < -0.4 is 5.32 Å². The first-order chi connectivity index (χ1) is 8.70. The number of nitrogens with one attached hydrogen (secondary N) is 1. The number of nitrogens with zero attached hydrogens (tertiary/aromatic N) is 1. The fourth-order valence-electron chi connectivity index (χ4n) is 1.78. The van der Waals surface area contributed by atoms with E-state index in [4.69, 9.17) is 4.42 Å². The van der Waals surface area contributed by atoms with E-state index in [2.05, 4.69) is 10.3 Å². The molecule has 0 unspecified atom stereocenters. The summed E-state index contributed by atoms with van der Waals surface area (Å²) in [5.41, 5.74) is 3.22. The van der Waals surface area contributed by atoms with Gasteiger partial charge in [-0.3, -0.25) is 0 Å². The first-order valence-corrected chi connectivity index (χ1v) is 5.60. The van der Waals surface area contributed by atoms with Gasteiger partial charge >= 0.3 is 0 Å². The molecule has 3 aromatic rings. The maximum atomic E-state index is 13.0. The molecule has 0 aliphatic rings. The van der Waals surface area contributed by atoms with Gasteiger partial charge in [-0.2, -0.15) is 4.98 Å². The van der Waals surface area contributed by atoms with Crippen molar-refractivity contribution >= 4 is 22.8 Å². The average molecular weight is 242 g/mol. The normalized spacial score (nSPS) is 10.8. The molecule has 0 radical (unpaired) electrons. The van der Waals surface area contributed by atoms with E-state index >= 15 is 0 Å². The molecule has 2 aromatic carbocycles. The van der Waals surface area contributed by atoms with Crippen LogP contribution in [0.4, 0.5) is 16.1 Å². The van der Waals surface area contributed by atoms with E-state index < -0.39 is 0 Å². The molecule has 90 valence electrons. The summed E-state index contributed by atoms with van der Waals surface area (Å²) in [5.74, 6) is -0.299. The van der Waals surface area contributed by atoms with Crippen LogP contribution in [-0.4, -0.2) is 4.98 Å². The summed E-state index contributed by atoms with van der Waals surface area (Å²) in [7, 11) is 0. The minimum absolute atomic E-state index is 0.299. The smallest absolute Gasteiger partial charge is 0.300 e. The lowest BCUT2D eigenvalue weighted by molar-refractivity contribution is 0.620. The number of fused-ring (bicyclic) bond motifs is 1. The predicted octanol–water partition coefficient (Wildman–Crippen LogP) is 4.02. The Hall–Kier alpha value is -2.36. The quantitative estimate of drug-likeness (QED) is 0.737. The second-order valence-corrected chi connectivity index (χ2v) is 4.13. The van der Waals surface area contributed by atoms with Crippen LogP contribution in [0, 0.1) is 12.7 Å². The highest BCUT2D eigenvalue weighted by molar-refractivity contribution is 5.76. The summed E-state index contributed by atoms with van der Waals surface area (Å²) in [5, 5.41) is 2.94. The van der Waals surface area contributed by atoms with Crippen molar-refractivity contribution in [2.45, 2.75) is 6.92 Å². The van der Waals surface area contributed by atoms with E-state index in [1.807, 2.05) is 25.1 Å². The van der Waals surface area contributed by atoms with E-state index in [1.54, 1.807) is 12.1 Å². The van der Waals surface area contributed by atoms with Crippen LogP contribution in [-0.2, 0) is 0 Å². The van der Waals surface area contributed by atoms with Gasteiger partial charge in [0, 0.05) is 5.69 Å². The van der Waals surface area contributed by atoms with Crippen LogP contribution in [0.25, 0.3) is 11.1 Å². The second-order valence-electron chi connectivity index (χ2n) is 4.13. The molecule has 4 heteroatoms. The van der Waals surface area contributed by atoms with Gasteiger partial charge in [0.2, 0.25) is 0 Å². The number of aryl methyl sites for hydroxylation is 1. The fourth-order valence-corrected chi connectivity index (χ4v) is 1.78. The largest absolute Gasteiger partial charge is 0.423 e. The van der Waals surface area contributed by atoms with Gasteiger partial charge in [-0.25, -0.2) is 4.39 Å². The van der Waals surface area contributed by atoms with Crippen LogP contribution in [0.2, 0.25) is 0 Å². The zero-order chi connectivity index (χ0) is 12.5. The Balaban J connectivity index is 1.95. The molecule has 3 rings (SSSR count). The number of rotatable bonds is 2. The van der Waals surface area contributed by atoms with E-state index in [0.29, 0.717) is 17.3 Å². The SMILES string of the molecule is Cc1ccc2oc(Nc3cccc(F)c3)nc2c1. The summed E-state index contributed by atoms with van der Waals surface area (Å²) in [6.45, 7) is 1.99. The van der Waals surface area contributed by atoms with E-state index in [-0.39, 0.29) is 5.82 Å². The van der Waals surface area contributed by atoms with E-state index in [9.17, 15) is 4.39 Å². The maximum absolute atomic E-state index is 13.0. The first kappa shape index (κ1) is 10.8. The number of benzene rings is 2. The second kappa shape index (κ2) is 4.14. The summed E-state index contributed by atoms with van der Waals surface area (Å²) in [6, 6.07) is 12.3. The minimum atomic E-state index is -0.299. The molecule has 0 amide bonds. The molecule has 0 atom stereocenters. The highest BCUT2D eigenvalue weighted by Gasteiger charge is 2.06. The molecule has 1 aromatic heterocycles. The number of aromatic nitrogens is 1. The molecule has 0 saturated carbocycles. The lowest BCUT2D eigenvalue weighted by Gasteiger charge is -2.00. The predicted molar refractivity (Wildman–Crippen MR) is 68.4 cm³/mol. The maximum Gasteiger partial charge on any atom is 0.300 e. The molecule has 0 fully saturated rings. The molecule has 1 N–H and O–H groups in total. The Bertz CT molecular complexity index is 706. The number of halogens is 1. The first-order valence-electron chi connectivity index (χ1n) is 5.60. The topological polar surface area (TPSA) is 38.1 Å². The van der Waals surface area contributed by atoms with Crippen LogP contribution in [0.1, 0.15) is 5.56 Å². The Kier molecular flexibility index (Phi) is 2.48. The third-order valence-electron chi connectivity index (χ3n) is 2.62. The van der Waals surface area contributed by atoms with Crippen molar-refractivity contribution in [2.24, 2.45) is 0 Å². The molecule has 1 heterocycles. The molecule has 0 bridgehead atoms. The Morgan fingerprint density at radius 2 is 2.06 bits per heavy atom. The monoisotopic (exact) mass is 242 g/mol. The Morgan fingerprint density at radius 1 is 1.17 bits per heavy atom. The molecular formula is C14H11FN2O. The molecule has 0 aliphatic heterocycles. The molecule has 0 saturated heterocycles. The van der Waals surface area contributed by atoms with Gasteiger partial charge in [0.25, 0.3) is 6.01 Å². The van der Waals surface area contributed by atoms with Gasteiger partial charge in [-0.05, 0) is 42.8 Å². The third kappa shape index (κ3) is 2.05. The van der Waals surface area contributed by atoms with Crippen molar-refractivity contribution in [1.29, 1.82) is 0 Å². The standard InChI is InChI=1S/C14H11FN2O/c1-9-5-6-13-12(7-9)17-14(18-13)16-11-4-2-3-10(15)8-11/h2-8H,1H3,(H,16,17). The van der Waals surface area contributed by atoms with E-state index in [0.717, 1.165) is 11.1 Å². The van der Waals surface area contributed by atoms with Gasteiger partial charge in [0.1, 0.15) is 11.3 Å². The number of hydrogen-bond acceptors (Lipinski definition) is 3. The molecule has 0 spiro atoms. The van der Waals surface area contributed by atoms with Crippen molar-refractivity contribution in [2.75, 3.05) is 5.32 Å². The summed E-state index contributed by atoms with van der Waals surface area (Å²) in [6.07, 6.45) is 0. The van der Waals surface area contributed by atoms with Crippen molar-refractivity contribution in [3.63, 3.8) is 0 Å². The number of oxazole rings is 1. The van der Waals surface area contributed by atoms with Crippen LogP contribution in [0.15, 0.2) is 46.9 Å². The van der Waals surface area contributed by atoms with Gasteiger partial charge in [-0.15, -0.1) is 0 Å². The lowest BCUT2D eigenvalue weighted by Crippen LogP contribution is -1.90. The van der Waals surface area contributed by atoms with Gasteiger partial charge < -0.3 is 9.73 Å². The average Bonchev–Trinajstić information content (AvgIpc) is 2.70. The van der Waals surface area contributed by atoms with Gasteiger partial charge in [0.15, 0.2) is 5.58 Å². The van der Waals surface area contributed by atoms with E-state index in [1.165, 1.54) is 12.1 Å². The highest BCUT2D eigenvalue weighted by Crippen LogP contribution is 2.23. The zero-order valence-electron chi connectivity index (χ0n) is 9.77. The van der Waals surface area contributed by atoms with Crippen molar-refractivity contribution in [1.82, 2.24) is 4.98 Å². The zero-order valence-corrected chi connectivity index (χ0v) is 9.77. The summed E-state index contributed by atoms with van der Waals surface area (Å²) in [4.78, 5) is 4.30. The van der Waals surface area contributed by atoms with Crippen molar-refractivity contribution < 1.29 is 8.81 Å². The summed E-state index contributed by atoms with van der Waals surface area (Å²) < 4.78 is 18.6. The van der Waals surface area contributed by atoms with Crippen LogP contribution in [0.3, 0.4) is 0 Å². The highest BCUT2D eigenvalue weighted by atomic mass is 19.1. The molecular weight excluding hydrogens is 231 g/mol. The minimum Gasteiger partial charge on any atom is -0.423 e. The van der Waals surface area contributed by atoms with Gasteiger partial charge in [-0.1, -0.05) is 12.1 Å². The number of anilines is 2. The van der Waals surface area contributed by atoms with Crippen molar-refractivity contribution in [3.8, 4) is 0 Å². The van der Waals surface area contributed by atoms with Crippen LogP contribution >= 0.6 is 0 Å².